The molecule has 3 rings (SSSR count). The van der Waals surface area contributed by atoms with Crippen LogP contribution in [0.2, 0.25) is 0 Å². The first kappa shape index (κ1) is 13.1. The van der Waals surface area contributed by atoms with Gasteiger partial charge in [-0.1, -0.05) is 18.2 Å². The van der Waals surface area contributed by atoms with E-state index in [1.54, 1.807) is 18.3 Å². The quantitative estimate of drug-likeness (QED) is 0.723. The van der Waals surface area contributed by atoms with E-state index < -0.39 is 0 Å². The van der Waals surface area contributed by atoms with Gasteiger partial charge in [0.2, 0.25) is 5.91 Å². The highest BCUT2D eigenvalue weighted by atomic mass is 16.1. The van der Waals surface area contributed by atoms with E-state index in [1.165, 1.54) is 0 Å². The zero-order chi connectivity index (χ0) is 14.7. The van der Waals surface area contributed by atoms with Gasteiger partial charge in [0.05, 0.1) is 17.6 Å². The van der Waals surface area contributed by atoms with Crippen LogP contribution in [0.5, 0.6) is 0 Å². The van der Waals surface area contributed by atoms with Crippen molar-refractivity contribution in [2.45, 2.75) is 6.42 Å². The van der Waals surface area contributed by atoms with Crippen molar-refractivity contribution in [3.05, 3.63) is 66.4 Å². The number of nitrogens with zero attached hydrogens (tertiary/aromatic N) is 1. The second kappa shape index (κ2) is 5.63. The van der Waals surface area contributed by atoms with Crippen molar-refractivity contribution < 1.29 is 4.79 Å². The standard InChI is InChI=1S/C17H15N3O/c18-13-8-6-12(7-9-13)11-17(21)20-16-5-1-4-15-14(16)3-2-10-19-15/h1-10H,11,18H2,(H,20,21). The van der Waals surface area contributed by atoms with Crippen molar-refractivity contribution in [2.24, 2.45) is 0 Å². The van der Waals surface area contributed by atoms with Gasteiger partial charge in [-0.3, -0.25) is 9.78 Å². The molecule has 104 valence electrons. The van der Waals surface area contributed by atoms with E-state index >= 15 is 0 Å². The number of amides is 1. The first-order valence-electron chi connectivity index (χ1n) is 6.70. The molecule has 4 nitrogen and oxygen atoms in total. The van der Waals surface area contributed by atoms with Crippen LogP contribution in [0.1, 0.15) is 5.56 Å². The Morgan fingerprint density at radius 1 is 1.05 bits per heavy atom. The minimum absolute atomic E-state index is 0.0591. The van der Waals surface area contributed by atoms with Crippen LogP contribution in [-0.4, -0.2) is 10.9 Å². The molecule has 1 amide bonds. The number of rotatable bonds is 3. The Morgan fingerprint density at radius 3 is 2.67 bits per heavy atom. The molecule has 0 unspecified atom stereocenters. The number of nitrogens with one attached hydrogen (secondary N) is 1. The van der Waals surface area contributed by atoms with Gasteiger partial charge in [-0.2, -0.15) is 0 Å². The lowest BCUT2D eigenvalue weighted by molar-refractivity contribution is -0.115. The highest BCUT2D eigenvalue weighted by Gasteiger charge is 2.07. The van der Waals surface area contributed by atoms with Crippen LogP contribution in [0.3, 0.4) is 0 Å². The molecular weight excluding hydrogens is 262 g/mol. The molecule has 0 aliphatic heterocycles. The van der Waals surface area contributed by atoms with Gasteiger partial charge in [0.15, 0.2) is 0 Å². The maximum Gasteiger partial charge on any atom is 0.228 e. The summed E-state index contributed by atoms with van der Waals surface area (Å²) in [4.78, 5) is 16.4. The van der Waals surface area contributed by atoms with Gasteiger partial charge in [-0.25, -0.2) is 0 Å². The third-order valence-corrected chi connectivity index (χ3v) is 3.26. The van der Waals surface area contributed by atoms with Gasteiger partial charge >= 0.3 is 0 Å². The summed E-state index contributed by atoms with van der Waals surface area (Å²) < 4.78 is 0. The summed E-state index contributed by atoms with van der Waals surface area (Å²) in [7, 11) is 0. The first-order valence-corrected chi connectivity index (χ1v) is 6.70. The van der Waals surface area contributed by atoms with Gasteiger partial charge in [0, 0.05) is 17.3 Å². The lowest BCUT2D eigenvalue weighted by Crippen LogP contribution is -2.14. The number of carbonyl (C=O) groups is 1. The molecule has 0 aliphatic rings. The van der Waals surface area contributed by atoms with Crippen LogP contribution in [0.4, 0.5) is 11.4 Å². The average Bonchev–Trinajstić information content (AvgIpc) is 2.50. The summed E-state index contributed by atoms with van der Waals surface area (Å²) >= 11 is 0. The van der Waals surface area contributed by atoms with Gasteiger partial charge < -0.3 is 11.1 Å². The highest BCUT2D eigenvalue weighted by molar-refractivity contribution is 6.01. The van der Waals surface area contributed by atoms with Gasteiger partial charge in [0.1, 0.15) is 0 Å². The minimum Gasteiger partial charge on any atom is -0.399 e. The number of benzene rings is 2. The molecule has 0 aliphatic carbocycles. The number of hydrogen-bond acceptors (Lipinski definition) is 3. The fourth-order valence-corrected chi connectivity index (χ4v) is 2.23. The van der Waals surface area contributed by atoms with Crippen LogP contribution in [0.25, 0.3) is 10.9 Å². The summed E-state index contributed by atoms with van der Waals surface area (Å²) in [6, 6.07) is 16.8. The van der Waals surface area contributed by atoms with Crippen LogP contribution in [-0.2, 0) is 11.2 Å². The number of nitrogens with two attached hydrogens (primary N) is 1. The van der Waals surface area contributed by atoms with Crippen molar-refractivity contribution >= 4 is 28.2 Å². The fraction of sp³-hybridized carbons (Fsp3) is 0.0588. The Morgan fingerprint density at radius 2 is 1.86 bits per heavy atom. The fourth-order valence-electron chi connectivity index (χ4n) is 2.23. The Bertz CT molecular complexity index is 776. The molecule has 0 saturated heterocycles. The monoisotopic (exact) mass is 277 g/mol. The molecule has 0 spiro atoms. The van der Waals surface area contributed by atoms with Crippen molar-refractivity contribution in [3.63, 3.8) is 0 Å². The zero-order valence-electron chi connectivity index (χ0n) is 11.4. The predicted octanol–water partition coefficient (Wildman–Crippen LogP) is 3.00. The average molecular weight is 277 g/mol. The number of fused-ring (bicyclic) bond motifs is 1. The molecule has 4 heteroatoms. The molecule has 3 aromatic rings. The van der Waals surface area contributed by atoms with Crippen molar-refractivity contribution in [3.8, 4) is 0 Å². The number of hydrogen-bond donors (Lipinski definition) is 2. The Kier molecular flexibility index (Phi) is 3.51. The molecule has 1 aromatic heterocycles. The smallest absolute Gasteiger partial charge is 0.228 e. The molecule has 0 fully saturated rings. The SMILES string of the molecule is Nc1ccc(CC(=O)Nc2cccc3ncccc23)cc1. The van der Waals surface area contributed by atoms with E-state index in [2.05, 4.69) is 10.3 Å². The number of pyridine rings is 1. The molecule has 0 bridgehead atoms. The van der Waals surface area contributed by atoms with Crippen molar-refractivity contribution in [1.29, 1.82) is 0 Å². The number of carbonyl (C=O) groups excluding carboxylic acids is 1. The van der Waals surface area contributed by atoms with E-state index in [0.717, 1.165) is 22.2 Å². The second-order valence-corrected chi connectivity index (χ2v) is 4.84. The molecule has 0 atom stereocenters. The summed E-state index contributed by atoms with van der Waals surface area (Å²) in [6.07, 6.45) is 2.05. The summed E-state index contributed by atoms with van der Waals surface area (Å²) in [5.41, 5.74) is 8.90. The number of aromatic nitrogens is 1. The van der Waals surface area contributed by atoms with Gasteiger partial charge in [0.25, 0.3) is 0 Å². The summed E-state index contributed by atoms with van der Waals surface area (Å²) in [5, 5.41) is 3.87. The molecule has 0 radical (unpaired) electrons. The third kappa shape index (κ3) is 3.00. The van der Waals surface area contributed by atoms with E-state index in [-0.39, 0.29) is 5.91 Å². The number of anilines is 2. The van der Waals surface area contributed by atoms with Crippen molar-refractivity contribution in [2.75, 3.05) is 11.1 Å². The third-order valence-electron chi connectivity index (χ3n) is 3.26. The lowest BCUT2D eigenvalue weighted by atomic mass is 10.1. The largest absolute Gasteiger partial charge is 0.399 e. The molecule has 0 saturated carbocycles. The Hall–Kier alpha value is -2.88. The minimum atomic E-state index is -0.0591. The van der Waals surface area contributed by atoms with Crippen molar-refractivity contribution in [1.82, 2.24) is 4.98 Å². The molecule has 21 heavy (non-hydrogen) atoms. The topological polar surface area (TPSA) is 68.0 Å². The number of nitrogen functional groups attached to an aromatic ring is 1. The van der Waals surface area contributed by atoms with E-state index in [4.69, 9.17) is 5.73 Å². The maximum absolute atomic E-state index is 12.1. The predicted molar refractivity (Wildman–Crippen MR) is 84.9 cm³/mol. The highest BCUT2D eigenvalue weighted by Crippen LogP contribution is 2.21. The van der Waals surface area contributed by atoms with Gasteiger partial charge in [-0.15, -0.1) is 0 Å². The van der Waals surface area contributed by atoms with Gasteiger partial charge in [-0.05, 0) is 42.0 Å². The summed E-state index contributed by atoms with van der Waals surface area (Å²) in [5.74, 6) is -0.0591. The first-order chi connectivity index (χ1) is 10.2. The van der Waals surface area contributed by atoms with E-state index in [0.29, 0.717) is 12.1 Å². The second-order valence-electron chi connectivity index (χ2n) is 4.84. The molecule has 3 N–H and O–H groups in total. The van der Waals surface area contributed by atoms with Crippen LogP contribution in [0, 0.1) is 0 Å². The van der Waals surface area contributed by atoms with E-state index in [1.807, 2.05) is 42.5 Å². The molecular formula is C17H15N3O. The Balaban J connectivity index is 1.79. The van der Waals surface area contributed by atoms with Crippen LogP contribution >= 0.6 is 0 Å². The van der Waals surface area contributed by atoms with Crippen LogP contribution < -0.4 is 11.1 Å². The van der Waals surface area contributed by atoms with E-state index in [9.17, 15) is 4.79 Å². The molecule has 1 heterocycles. The normalized spacial score (nSPS) is 10.5. The lowest BCUT2D eigenvalue weighted by Gasteiger charge is -2.08. The summed E-state index contributed by atoms with van der Waals surface area (Å²) in [6.45, 7) is 0. The maximum atomic E-state index is 12.1. The zero-order valence-corrected chi connectivity index (χ0v) is 11.4. The van der Waals surface area contributed by atoms with Crippen LogP contribution in [0.15, 0.2) is 60.8 Å². The Labute approximate surface area is 122 Å². The molecule has 2 aromatic carbocycles.